The number of aromatic nitrogens is 1. The number of hydrogen-bond donors (Lipinski definition) is 2. The summed E-state index contributed by atoms with van der Waals surface area (Å²) < 4.78 is 0. The second-order valence-corrected chi connectivity index (χ2v) is 4.47. The fourth-order valence-electron chi connectivity index (χ4n) is 1.86. The zero-order chi connectivity index (χ0) is 14.6. The van der Waals surface area contributed by atoms with Gasteiger partial charge in [0, 0.05) is 19.3 Å². The Hall–Kier alpha value is -2.11. The van der Waals surface area contributed by atoms with Crippen LogP contribution in [0.15, 0.2) is 12.3 Å². The van der Waals surface area contributed by atoms with Crippen LogP contribution in [0.3, 0.4) is 0 Å². The van der Waals surface area contributed by atoms with E-state index in [2.05, 4.69) is 4.98 Å². The van der Waals surface area contributed by atoms with Crippen LogP contribution in [0, 0.1) is 12.8 Å². The summed E-state index contributed by atoms with van der Waals surface area (Å²) >= 11 is 0. The minimum Gasteiger partial charge on any atom is -0.481 e. The van der Waals surface area contributed by atoms with Crippen LogP contribution >= 0.6 is 0 Å². The molecule has 1 aromatic rings. The molecule has 0 aliphatic heterocycles. The van der Waals surface area contributed by atoms with Gasteiger partial charge in [-0.25, -0.2) is 4.98 Å². The lowest BCUT2D eigenvalue weighted by Crippen LogP contribution is -2.34. The Morgan fingerprint density at radius 2 is 2.16 bits per heavy atom. The molecule has 0 spiro atoms. The number of carbonyl (C=O) groups is 2. The summed E-state index contributed by atoms with van der Waals surface area (Å²) in [6, 6.07) is 1.71. The van der Waals surface area contributed by atoms with E-state index < -0.39 is 17.8 Å². The summed E-state index contributed by atoms with van der Waals surface area (Å²) in [6.07, 6.45) is 1.59. The van der Waals surface area contributed by atoms with E-state index in [1.54, 1.807) is 31.0 Å². The van der Waals surface area contributed by atoms with Crippen molar-refractivity contribution in [2.75, 3.05) is 18.0 Å². The number of carbonyl (C=O) groups excluding carboxylic acids is 1. The monoisotopic (exact) mass is 265 g/mol. The molecule has 0 aromatic carbocycles. The quantitative estimate of drug-likeness (QED) is 0.801. The predicted octanol–water partition coefficient (Wildman–Crippen LogP) is 1.04. The average Bonchev–Trinajstić information content (AvgIpc) is 2.34. The molecule has 0 saturated carbocycles. The van der Waals surface area contributed by atoms with Crippen molar-refractivity contribution < 1.29 is 14.7 Å². The highest BCUT2D eigenvalue weighted by molar-refractivity contribution is 5.99. The van der Waals surface area contributed by atoms with Crippen molar-refractivity contribution in [1.29, 1.82) is 0 Å². The van der Waals surface area contributed by atoms with E-state index in [0.717, 1.165) is 5.56 Å². The number of anilines is 1. The molecule has 0 aliphatic rings. The van der Waals surface area contributed by atoms with Gasteiger partial charge in [-0.1, -0.05) is 6.92 Å². The number of amides is 1. The smallest absolute Gasteiger partial charge is 0.308 e. The zero-order valence-electron chi connectivity index (χ0n) is 11.4. The summed E-state index contributed by atoms with van der Waals surface area (Å²) in [6.45, 7) is 6.10. The van der Waals surface area contributed by atoms with Crippen molar-refractivity contribution in [3.8, 4) is 0 Å². The van der Waals surface area contributed by atoms with Crippen LogP contribution in [0.4, 0.5) is 5.82 Å². The van der Waals surface area contributed by atoms with Crippen molar-refractivity contribution in [1.82, 2.24) is 4.98 Å². The Balaban J connectivity index is 3.15. The fraction of sp³-hybridized carbons (Fsp3) is 0.462. The lowest BCUT2D eigenvalue weighted by atomic mass is 10.1. The number of hydrogen-bond acceptors (Lipinski definition) is 4. The lowest BCUT2D eigenvalue weighted by Gasteiger charge is -2.26. The van der Waals surface area contributed by atoms with Crippen molar-refractivity contribution in [3.05, 3.63) is 23.4 Å². The number of rotatable bonds is 6. The van der Waals surface area contributed by atoms with Crippen LogP contribution in [-0.4, -0.2) is 35.1 Å². The Morgan fingerprint density at radius 1 is 1.53 bits per heavy atom. The maximum Gasteiger partial charge on any atom is 0.308 e. The molecule has 1 atom stereocenters. The standard InChI is InChI=1S/C13H19N3O3/c1-4-16(7-9(3)13(18)19)12-10(11(14)17)8(2)5-6-15-12/h5-6,9H,4,7H2,1-3H3,(H2,14,17)(H,18,19). The van der Waals surface area contributed by atoms with Crippen molar-refractivity contribution in [2.45, 2.75) is 20.8 Å². The van der Waals surface area contributed by atoms with Gasteiger partial charge in [0.2, 0.25) is 0 Å². The fourth-order valence-corrected chi connectivity index (χ4v) is 1.86. The molecule has 6 nitrogen and oxygen atoms in total. The lowest BCUT2D eigenvalue weighted by molar-refractivity contribution is -0.140. The first-order valence-electron chi connectivity index (χ1n) is 6.11. The number of aliphatic carboxylic acids is 1. The molecular weight excluding hydrogens is 246 g/mol. The van der Waals surface area contributed by atoms with E-state index in [-0.39, 0.29) is 6.54 Å². The van der Waals surface area contributed by atoms with Crippen LogP contribution in [0.1, 0.15) is 29.8 Å². The molecule has 3 N–H and O–H groups in total. The third-order valence-corrected chi connectivity index (χ3v) is 2.98. The van der Waals surface area contributed by atoms with Gasteiger partial charge in [0.05, 0.1) is 11.5 Å². The van der Waals surface area contributed by atoms with Gasteiger partial charge in [0.25, 0.3) is 5.91 Å². The first-order chi connectivity index (χ1) is 8.88. The van der Waals surface area contributed by atoms with Crippen LogP contribution in [-0.2, 0) is 4.79 Å². The molecule has 0 saturated heterocycles. The van der Waals surface area contributed by atoms with E-state index in [1.807, 2.05) is 6.92 Å². The average molecular weight is 265 g/mol. The molecule has 1 amide bonds. The molecular formula is C13H19N3O3. The number of carboxylic acids is 1. The molecule has 1 aromatic heterocycles. The Kier molecular flexibility index (Phi) is 4.86. The third-order valence-electron chi connectivity index (χ3n) is 2.98. The van der Waals surface area contributed by atoms with Crippen LogP contribution in [0.25, 0.3) is 0 Å². The van der Waals surface area contributed by atoms with Crippen molar-refractivity contribution >= 4 is 17.7 Å². The summed E-state index contributed by atoms with van der Waals surface area (Å²) in [5.41, 5.74) is 6.46. The topological polar surface area (TPSA) is 96.5 Å². The van der Waals surface area contributed by atoms with E-state index >= 15 is 0 Å². The molecule has 1 rings (SSSR count). The third kappa shape index (κ3) is 3.43. The number of nitrogens with zero attached hydrogens (tertiary/aromatic N) is 2. The van der Waals surface area contributed by atoms with Gasteiger partial charge in [-0.2, -0.15) is 0 Å². The van der Waals surface area contributed by atoms with Gasteiger partial charge in [-0.05, 0) is 25.5 Å². The van der Waals surface area contributed by atoms with Gasteiger partial charge in [-0.3, -0.25) is 9.59 Å². The molecule has 0 aliphatic carbocycles. The van der Waals surface area contributed by atoms with E-state index in [1.165, 1.54) is 0 Å². The number of nitrogens with two attached hydrogens (primary N) is 1. The van der Waals surface area contributed by atoms with Crippen LogP contribution in [0.2, 0.25) is 0 Å². The molecule has 1 heterocycles. The molecule has 0 radical (unpaired) electrons. The van der Waals surface area contributed by atoms with Gasteiger partial charge in [-0.15, -0.1) is 0 Å². The first kappa shape index (κ1) is 14.9. The largest absolute Gasteiger partial charge is 0.481 e. The molecule has 104 valence electrons. The molecule has 0 bridgehead atoms. The second-order valence-electron chi connectivity index (χ2n) is 4.47. The minimum absolute atomic E-state index is 0.280. The highest BCUT2D eigenvalue weighted by atomic mass is 16.4. The van der Waals surface area contributed by atoms with E-state index in [9.17, 15) is 9.59 Å². The second kappa shape index (κ2) is 6.17. The van der Waals surface area contributed by atoms with Crippen molar-refractivity contribution in [2.24, 2.45) is 11.7 Å². The summed E-state index contributed by atoms with van der Waals surface area (Å²) in [5.74, 6) is -1.54. The summed E-state index contributed by atoms with van der Waals surface area (Å²) in [4.78, 5) is 28.4. The number of carboxylic acid groups (broad SMARTS) is 1. The Morgan fingerprint density at radius 3 is 2.63 bits per heavy atom. The van der Waals surface area contributed by atoms with Gasteiger partial charge < -0.3 is 15.7 Å². The predicted molar refractivity (Wildman–Crippen MR) is 72.2 cm³/mol. The summed E-state index contributed by atoms with van der Waals surface area (Å²) in [7, 11) is 0. The minimum atomic E-state index is -0.883. The van der Waals surface area contributed by atoms with Gasteiger partial charge in [0.15, 0.2) is 0 Å². The number of primary amides is 1. The van der Waals surface area contributed by atoms with Crippen LogP contribution in [0.5, 0.6) is 0 Å². The molecule has 19 heavy (non-hydrogen) atoms. The maximum atomic E-state index is 11.5. The zero-order valence-corrected chi connectivity index (χ0v) is 11.4. The molecule has 0 fully saturated rings. The maximum absolute atomic E-state index is 11.5. The number of pyridine rings is 1. The highest BCUT2D eigenvalue weighted by Gasteiger charge is 2.21. The normalized spacial score (nSPS) is 11.9. The first-order valence-corrected chi connectivity index (χ1v) is 6.11. The van der Waals surface area contributed by atoms with E-state index in [4.69, 9.17) is 10.8 Å². The number of aryl methyl sites for hydroxylation is 1. The molecule has 1 unspecified atom stereocenters. The highest BCUT2D eigenvalue weighted by Crippen LogP contribution is 2.21. The van der Waals surface area contributed by atoms with Crippen LogP contribution < -0.4 is 10.6 Å². The van der Waals surface area contributed by atoms with E-state index in [0.29, 0.717) is 17.9 Å². The van der Waals surface area contributed by atoms with Gasteiger partial charge >= 0.3 is 5.97 Å². The summed E-state index contributed by atoms with van der Waals surface area (Å²) in [5, 5.41) is 8.97. The molecule has 6 heteroatoms. The van der Waals surface area contributed by atoms with Gasteiger partial charge in [0.1, 0.15) is 5.82 Å². The van der Waals surface area contributed by atoms with Crippen molar-refractivity contribution in [3.63, 3.8) is 0 Å². The Bertz CT molecular complexity index is 488. The Labute approximate surface area is 112 Å². The SMILES string of the molecule is CCN(CC(C)C(=O)O)c1nccc(C)c1C(N)=O.